The van der Waals surface area contributed by atoms with Gasteiger partial charge in [0.15, 0.2) is 0 Å². The Morgan fingerprint density at radius 3 is 2.00 bits per heavy atom. The van der Waals surface area contributed by atoms with Gasteiger partial charge in [0.2, 0.25) is 29.5 Å². The van der Waals surface area contributed by atoms with Gasteiger partial charge in [-0.3, -0.25) is 24.0 Å². The second-order valence-corrected chi connectivity index (χ2v) is 10.1. The zero-order chi connectivity index (χ0) is 31.5. The standard InChI is InChI=1S/C29H35N7O7/c30-19(13-17-15-33-20-9-5-4-8-18(17)20)26(39)34-21(10-11-24(31)37)27(40)35-22(14-25(32)38)28(41)36-23(29(42)43)12-16-6-2-1-3-7-16/h1-9,15,19,21-23,33H,10-14,30H2,(H2,31,37)(H2,32,38)(H,34,39)(H,35,40)(H,36,41)(H,42,43). The molecule has 0 radical (unpaired) electrons. The Labute approximate surface area is 246 Å². The van der Waals surface area contributed by atoms with Crippen molar-refractivity contribution in [2.45, 2.75) is 56.3 Å². The predicted molar refractivity (Wildman–Crippen MR) is 156 cm³/mol. The number of aliphatic carboxylic acids is 1. The molecule has 0 aliphatic carbocycles. The third-order valence-corrected chi connectivity index (χ3v) is 6.70. The molecule has 3 aromatic rings. The molecule has 14 heteroatoms. The number of H-pyrrole nitrogens is 1. The Balaban J connectivity index is 1.71. The minimum Gasteiger partial charge on any atom is -0.480 e. The zero-order valence-corrected chi connectivity index (χ0v) is 23.2. The molecule has 0 aliphatic heterocycles. The number of para-hydroxylation sites is 1. The quantitative estimate of drug-likeness (QED) is 0.102. The fourth-order valence-electron chi connectivity index (χ4n) is 4.47. The van der Waals surface area contributed by atoms with E-state index in [4.69, 9.17) is 17.2 Å². The summed E-state index contributed by atoms with van der Waals surface area (Å²) in [6.07, 6.45) is 0.607. The van der Waals surface area contributed by atoms with E-state index in [0.717, 1.165) is 16.5 Å². The third kappa shape index (κ3) is 9.67. The predicted octanol–water partition coefficient (Wildman–Crippen LogP) is -1.04. The Morgan fingerprint density at radius 2 is 1.35 bits per heavy atom. The van der Waals surface area contributed by atoms with Crippen molar-refractivity contribution in [2.24, 2.45) is 17.2 Å². The molecule has 0 saturated carbocycles. The number of primary amides is 2. The van der Waals surface area contributed by atoms with Crippen LogP contribution in [-0.2, 0) is 41.6 Å². The molecular formula is C29H35N7O7. The van der Waals surface area contributed by atoms with E-state index < -0.39 is 66.1 Å². The van der Waals surface area contributed by atoms with Crippen LogP contribution in [0.2, 0.25) is 0 Å². The lowest BCUT2D eigenvalue weighted by Crippen LogP contribution is -2.58. The van der Waals surface area contributed by atoms with Gasteiger partial charge in [-0.05, 0) is 30.0 Å². The first-order chi connectivity index (χ1) is 20.4. The molecule has 11 N–H and O–H groups in total. The van der Waals surface area contributed by atoms with Gasteiger partial charge in [0.1, 0.15) is 18.1 Å². The van der Waals surface area contributed by atoms with Crippen molar-refractivity contribution in [2.75, 3.05) is 0 Å². The summed E-state index contributed by atoms with van der Waals surface area (Å²) >= 11 is 0. The topological polar surface area (TPSA) is 253 Å². The van der Waals surface area contributed by atoms with Crippen LogP contribution in [0.3, 0.4) is 0 Å². The average Bonchev–Trinajstić information content (AvgIpc) is 3.37. The first-order valence-electron chi connectivity index (χ1n) is 13.5. The fourth-order valence-corrected chi connectivity index (χ4v) is 4.47. The van der Waals surface area contributed by atoms with Crippen LogP contribution in [0.5, 0.6) is 0 Å². The second kappa shape index (κ2) is 15.1. The number of fused-ring (bicyclic) bond motifs is 1. The highest BCUT2D eigenvalue weighted by Crippen LogP contribution is 2.19. The summed E-state index contributed by atoms with van der Waals surface area (Å²) in [5, 5.41) is 17.7. The molecule has 228 valence electrons. The van der Waals surface area contributed by atoms with Crippen LogP contribution in [-0.4, -0.2) is 69.8 Å². The van der Waals surface area contributed by atoms with Crippen LogP contribution in [0, 0.1) is 0 Å². The number of carboxylic acid groups (broad SMARTS) is 1. The van der Waals surface area contributed by atoms with Gasteiger partial charge in [0.05, 0.1) is 12.5 Å². The van der Waals surface area contributed by atoms with Crippen LogP contribution in [0.4, 0.5) is 0 Å². The number of hydrogen-bond donors (Lipinski definition) is 8. The summed E-state index contributed by atoms with van der Waals surface area (Å²) in [5.41, 5.74) is 18.9. The lowest BCUT2D eigenvalue weighted by atomic mass is 10.0. The maximum atomic E-state index is 13.2. The Bertz CT molecular complexity index is 1470. The van der Waals surface area contributed by atoms with E-state index in [0.29, 0.717) is 5.56 Å². The Morgan fingerprint density at radius 1 is 0.744 bits per heavy atom. The number of nitrogens with two attached hydrogens (primary N) is 3. The van der Waals surface area contributed by atoms with Gasteiger partial charge in [0.25, 0.3) is 0 Å². The molecule has 3 rings (SSSR count). The van der Waals surface area contributed by atoms with Crippen LogP contribution in [0.25, 0.3) is 10.9 Å². The van der Waals surface area contributed by atoms with E-state index in [1.54, 1.807) is 36.5 Å². The fraction of sp³-hybridized carbons (Fsp3) is 0.310. The van der Waals surface area contributed by atoms with Crippen molar-refractivity contribution >= 4 is 46.4 Å². The number of amides is 5. The summed E-state index contributed by atoms with van der Waals surface area (Å²) in [7, 11) is 0. The number of aromatic amines is 1. The summed E-state index contributed by atoms with van der Waals surface area (Å²) in [6, 6.07) is 10.6. The second-order valence-electron chi connectivity index (χ2n) is 10.1. The number of aromatic nitrogens is 1. The number of carbonyl (C=O) groups excluding carboxylic acids is 5. The molecule has 0 fully saturated rings. The molecule has 0 bridgehead atoms. The number of carboxylic acids is 1. The average molecular weight is 594 g/mol. The Hall–Kier alpha value is -5.24. The van der Waals surface area contributed by atoms with E-state index in [-0.39, 0.29) is 25.7 Å². The van der Waals surface area contributed by atoms with E-state index in [1.807, 2.05) is 24.3 Å². The van der Waals surface area contributed by atoms with Gasteiger partial charge in [-0.25, -0.2) is 4.79 Å². The maximum Gasteiger partial charge on any atom is 0.326 e. The third-order valence-electron chi connectivity index (χ3n) is 6.70. The molecule has 0 aliphatic rings. The number of nitrogens with one attached hydrogen (secondary N) is 4. The van der Waals surface area contributed by atoms with Gasteiger partial charge in [-0.1, -0.05) is 48.5 Å². The molecule has 0 spiro atoms. The first kappa shape index (κ1) is 32.3. The van der Waals surface area contributed by atoms with Crippen LogP contribution < -0.4 is 33.2 Å². The number of rotatable bonds is 16. The normalized spacial score (nSPS) is 13.7. The van der Waals surface area contributed by atoms with Gasteiger partial charge in [0, 0.05) is 29.9 Å². The zero-order valence-electron chi connectivity index (χ0n) is 23.2. The highest BCUT2D eigenvalue weighted by Gasteiger charge is 2.31. The van der Waals surface area contributed by atoms with Crippen LogP contribution in [0.1, 0.15) is 30.4 Å². The van der Waals surface area contributed by atoms with Crippen molar-refractivity contribution in [3.05, 3.63) is 71.9 Å². The van der Waals surface area contributed by atoms with E-state index in [9.17, 15) is 33.9 Å². The largest absolute Gasteiger partial charge is 0.480 e. The highest BCUT2D eigenvalue weighted by molar-refractivity contribution is 5.96. The van der Waals surface area contributed by atoms with Crippen LogP contribution in [0.15, 0.2) is 60.8 Å². The Kier molecular flexibility index (Phi) is 11.3. The van der Waals surface area contributed by atoms with Gasteiger partial charge in [-0.2, -0.15) is 0 Å². The van der Waals surface area contributed by atoms with E-state index in [2.05, 4.69) is 20.9 Å². The van der Waals surface area contributed by atoms with Crippen molar-refractivity contribution in [3.63, 3.8) is 0 Å². The number of carbonyl (C=O) groups is 6. The maximum absolute atomic E-state index is 13.2. The van der Waals surface area contributed by atoms with Crippen molar-refractivity contribution in [3.8, 4) is 0 Å². The lowest BCUT2D eigenvalue weighted by molar-refractivity contribution is -0.142. The molecule has 0 saturated heterocycles. The monoisotopic (exact) mass is 593 g/mol. The van der Waals surface area contributed by atoms with Gasteiger partial charge in [-0.15, -0.1) is 0 Å². The molecular weight excluding hydrogens is 558 g/mol. The van der Waals surface area contributed by atoms with E-state index in [1.165, 1.54) is 0 Å². The molecule has 1 aromatic heterocycles. The summed E-state index contributed by atoms with van der Waals surface area (Å²) in [5.74, 6) is -5.64. The molecule has 4 atom stereocenters. The minimum atomic E-state index is -1.57. The molecule has 1 heterocycles. The first-order valence-corrected chi connectivity index (χ1v) is 13.5. The minimum absolute atomic E-state index is 0.0647. The summed E-state index contributed by atoms with van der Waals surface area (Å²) in [6.45, 7) is 0. The lowest BCUT2D eigenvalue weighted by Gasteiger charge is -2.24. The van der Waals surface area contributed by atoms with Crippen molar-refractivity contribution in [1.29, 1.82) is 0 Å². The van der Waals surface area contributed by atoms with Crippen molar-refractivity contribution < 1.29 is 33.9 Å². The van der Waals surface area contributed by atoms with Crippen LogP contribution >= 0.6 is 0 Å². The van der Waals surface area contributed by atoms with Gasteiger partial charge < -0.3 is 43.2 Å². The number of benzene rings is 2. The van der Waals surface area contributed by atoms with E-state index >= 15 is 0 Å². The molecule has 14 nitrogen and oxygen atoms in total. The number of hydrogen-bond acceptors (Lipinski definition) is 7. The van der Waals surface area contributed by atoms with Gasteiger partial charge >= 0.3 is 5.97 Å². The summed E-state index contributed by atoms with van der Waals surface area (Å²) < 4.78 is 0. The van der Waals surface area contributed by atoms with Crippen molar-refractivity contribution in [1.82, 2.24) is 20.9 Å². The highest BCUT2D eigenvalue weighted by atomic mass is 16.4. The smallest absolute Gasteiger partial charge is 0.326 e. The molecule has 4 unspecified atom stereocenters. The molecule has 2 aromatic carbocycles. The SMILES string of the molecule is NC(=O)CCC(NC(=O)C(N)Cc1c[nH]c2ccccc12)C(=O)NC(CC(N)=O)C(=O)NC(Cc1ccccc1)C(=O)O. The molecule has 43 heavy (non-hydrogen) atoms. The molecule has 5 amide bonds. The summed E-state index contributed by atoms with van der Waals surface area (Å²) in [4.78, 5) is 77.4.